The minimum atomic E-state index is -0.0873. The molecule has 1 unspecified atom stereocenters. The van der Waals surface area contributed by atoms with Crippen LogP contribution in [0.25, 0.3) is 0 Å². The number of ether oxygens (including phenoxy) is 2. The monoisotopic (exact) mass is 269 g/mol. The smallest absolute Gasteiger partial charge is 0.143 e. The van der Waals surface area contributed by atoms with Crippen molar-refractivity contribution in [2.75, 3.05) is 20.8 Å². The van der Waals surface area contributed by atoms with Gasteiger partial charge in [0, 0.05) is 16.7 Å². The van der Waals surface area contributed by atoms with Gasteiger partial charge in [-0.1, -0.05) is 11.6 Å². The molecule has 1 aliphatic rings. The van der Waals surface area contributed by atoms with Crippen LogP contribution in [0.3, 0.4) is 0 Å². The average Bonchev–Trinajstić information content (AvgIpc) is 2.80. The number of hydrogen-bond acceptors (Lipinski definition) is 3. The van der Waals surface area contributed by atoms with Crippen molar-refractivity contribution < 1.29 is 9.47 Å². The molecule has 1 aliphatic heterocycles. The molecule has 3 nitrogen and oxygen atoms in total. The Bertz CT molecular complexity index is 454. The number of halogens is 1. The first-order valence-corrected chi connectivity index (χ1v) is 6.58. The molecule has 1 N–H and O–H groups in total. The molecule has 0 spiro atoms. The van der Waals surface area contributed by atoms with E-state index >= 15 is 0 Å². The van der Waals surface area contributed by atoms with Crippen LogP contribution >= 0.6 is 11.6 Å². The number of hydrogen-bond donors (Lipinski definition) is 1. The van der Waals surface area contributed by atoms with E-state index in [0.717, 1.165) is 42.0 Å². The average molecular weight is 270 g/mol. The summed E-state index contributed by atoms with van der Waals surface area (Å²) in [5, 5.41) is 4.17. The highest BCUT2D eigenvalue weighted by Crippen LogP contribution is 2.44. The SMILES string of the molecule is COc1cc(C2(C)CCCN2)c(OC)c(Cl)c1C. The van der Waals surface area contributed by atoms with Crippen LogP contribution in [0.1, 0.15) is 30.9 Å². The third-order valence-corrected chi connectivity index (χ3v) is 4.26. The van der Waals surface area contributed by atoms with Crippen LogP contribution in [0.5, 0.6) is 11.5 Å². The minimum Gasteiger partial charge on any atom is -0.496 e. The van der Waals surface area contributed by atoms with Crippen molar-refractivity contribution in [2.24, 2.45) is 0 Å². The standard InChI is InChI=1S/C14H20ClNO2/c1-9-11(17-3)8-10(13(18-4)12(9)15)14(2)6-5-7-16-14/h8,16H,5-7H2,1-4H3. The first kappa shape index (κ1) is 13.5. The molecule has 1 atom stereocenters. The highest BCUT2D eigenvalue weighted by molar-refractivity contribution is 6.33. The van der Waals surface area contributed by atoms with Crippen molar-refractivity contribution in [3.05, 3.63) is 22.2 Å². The molecule has 100 valence electrons. The van der Waals surface area contributed by atoms with Gasteiger partial charge >= 0.3 is 0 Å². The maximum absolute atomic E-state index is 6.39. The summed E-state index contributed by atoms with van der Waals surface area (Å²) in [5.74, 6) is 1.57. The molecule has 0 bridgehead atoms. The van der Waals surface area contributed by atoms with E-state index in [4.69, 9.17) is 21.1 Å². The zero-order chi connectivity index (χ0) is 13.3. The molecule has 0 amide bonds. The van der Waals surface area contributed by atoms with E-state index in [2.05, 4.69) is 12.2 Å². The maximum Gasteiger partial charge on any atom is 0.143 e. The lowest BCUT2D eigenvalue weighted by atomic mass is 9.88. The van der Waals surface area contributed by atoms with E-state index in [-0.39, 0.29) is 5.54 Å². The van der Waals surface area contributed by atoms with Crippen molar-refractivity contribution in [3.63, 3.8) is 0 Å². The lowest BCUT2D eigenvalue weighted by molar-refractivity contribution is 0.363. The van der Waals surface area contributed by atoms with Gasteiger partial charge in [0.05, 0.1) is 19.2 Å². The molecule has 1 aromatic carbocycles. The number of nitrogens with one attached hydrogen (secondary N) is 1. The zero-order valence-electron chi connectivity index (χ0n) is 11.4. The van der Waals surface area contributed by atoms with E-state index in [9.17, 15) is 0 Å². The third kappa shape index (κ3) is 2.06. The molecule has 1 saturated heterocycles. The molecule has 0 aromatic heterocycles. The highest BCUT2D eigenvalue weighted by atomic mass is 35.5. The van der Waals surface area contributed by atoms with Gasteiger partial charge in [0.1, 0.15) is 11.5 Å². The van der Waals surface area contributed by atoms with Crippen LogP contribution in [0.2, 0.25) is 5.02 Å². The molecular weight excluding hydrogens is 250 g/mol. The highest BCUT2D eigenvalue weighted by Gasteiger charge is 2.34. The van der Waals surface area contributed by atoms with Gasteiger partial charge in [-0.25, -0.2) is 0 Å². The molecule has 0 radical (unpaired) electrons. The van der Waals surface area contributed by atoms with Crippen LogP contribution in [0, 0.1) is 6.92 Å². The molecule has 2 rings (SSSR count). The Balaban J connectivity index is 2.61. The summed E-state index contributed by atoms with van der Waals surface area (Å²) in [6.07, 6.45) is 2.24. The van der Waals surface area contributed by atoms with Gasteiger partial charge in [-0.15, -0.1) is 0 Å². The van der Waals surface area contributed by atoms with Crippen LogP contribution in [0.4, 0.5) is 0 Å². The molecule has 0 aliphatic carbocycles. The minimum absolute atomic E-state index is 0.0873. The van der Waals surface area contributed by atoms with Gasteiger partial charge in [0.15, 0.2) is 0 Å². The predicted molar refractivity (Wildman–Crippen MR) is 73.9 cm³/mol. The fourth-order valence-electron chi connectivity index (χ4n) is 2.65. The van der Waals surface area contributed by atoms with Crippen molar-refractivity contribution in [1.82, 2.24) is 5.32 Å². The number of rotatable bonds is 3. The Morgan fingerprint density at radius 2 is 2.06 bits per heavy atom. The summed E-state index contributed by atoms with van der Waals surface area (Å²) < 4.78 is 10.9. The van der Waals surface area contributed by atoms with Gasteiger partial charge in [-0.2, -0.15) is 0 Å². The van der Waals surface area contributed by atoms with Crippen molar-refractivity contribution in [3.8, 4) is 11.5 Å². The second-order valence-electron chi connectivity index (χ2n) is 4.96. The summed E-state index contributed by atoms with van der Waals surface area (Å²) >= 11 is 6.39. The predicted octanol–water partition coefficient (Wildman–Crippen LogP) is 3.26. The van der Waals surface area contributed by atoms with E-state index in [1.807, 2.05) is 13.0 Å². The summed E-state index contributed by atoms with van der Waals surface area (Å²) in [7, 11) is 3.33. The Morgan fingerprint density at radius 3 is 2.56 bits per heavy atom. The second-order valence-corrected chi connectivity index (χ2v) is 5.34. The van der Waals surface area contributed by atoms with E-state index in [1.165, 1.54) is 0 Å². The van der Waals surface area contributed by atoms with Gasteiger partial charge in [0.25, 0.3) is 0 Å². The Morgan fingerprint density at radius 1 is 1.33 bits per heavy atom. The Hall–Kier alpha value is -0.930. The normalized spacial score (nSPS) is 23.2. The largest absolute Gasteiger partial charge is 0.496 e. The maximum atomic E-state index is 6.39. The fourth-order valence-corrected chi connectivity index (χ4v) is 2.92. The van der Waals surface area contributed by atoms with Gasteiger partial charge in [-0.05, 0) is 39.3 Å². The molecule has 4 heteroatoms. The first-order valence-electron chi connectivity index (χ1n) is 6.20. The van der Waals surface area contributed by atoms with Crippen molar-refractivity contribution in [2.45, 2.75) is 32.2 Å². The quantitative estimate of drug-likeness (QED) is 0.914. The molecule has 0 saturated carbocycles. The first-order chi connectivity index (χ1) is 8.53. The van der Waals surface area contributed by atoms with Gasteiger partial charge < -0.3 is 14.8 Å². The molecule has 1 aromatic rings. The van der Waals surface area contributed by atoms with Crippen LogP contribution in [-0.2, 0) is 5.54 Å². The molecular formula is C14H20ClNO2. The van der Waals surface area contributed by atoms with E-state index in [0.29, 0.717) is 5.02 Å². The summed E-state index contributed by atoms with van der Waals surface area (Å²) in [6.45, 7) is 5.15. The lowest BCUT2D eigenvalue weighted by Crippen LogP contribution is -2.33. The van der Waals surface area contributed by atoms with Crippen molar-refractivity contribution >= 4 is 11.6 Å². The third-order valence-electron chi connectivity index (χ3n) is 3.81. The van der Waals surface area contributed by atoms with Gasteiger partial charge in [-0.3, -0.25) is 0 Å². The summed E-state index contributed by atoms with van der Waals surface area (Å²) in [6, 6.07) is 2.04. The number of methoxy groups -OCH3 is 2. The lowest BCUT2D eigenvalue weighted by Gasteiger charge is -2.28. The molecule has 1 fully saturated rings. The fraction of sp³-hybridized carbons (Fsp3) is 0.571. The van der Waals surface area contributed by atoms with Crippen LogP contribution in [-0.4, -0.2) is 20.8 Å². The van der Waals surface area contributed by atoms with Crippen LogP contribution < -0.4 is 14.8 Å². The second kappa shape index (κ2) is 4.98. The molecule has 1 heterocycles. The van der Waals surface area contributed by atoms with E-state index in [1.54, 1.807) is 14.2 Å². The van der Waals surface area contributed by atoms with Crippen LogP contribution in [0.15, 0.2) is 6.07 Å². The Labute approximate surface area is 113 Å². The Kier molecular flexibility index (Phi) is 3.74. The summed E-state index contributed by atoms with van der Waals surface area (Å²) in [5.41, 5.74) is 1.91. The molecule has 18 heavy (non-hydrogen) atoms. The number of benzene rings is 1. The van der Waals surface area contributed by atoms with E-state index < -0.39 is 0 Å². The zero-order valence-corrected chi connectivity index (χ0v) is 12.1. The summed E-state index contributed by atoms with van der Waals surface area (Å²) in [4.78, 5) is 0. The van der Waals surface area contributed by atoms with Gasteiger partial charge in [0.2, 0.25) is 0 Å². The topological polar surface area (TPSA) is 30.5 Å². The van der Waals surface area contributed by atoms with Crippen molar-refractivity contribution in [1.29, 1.82) is 0 Å².